The number of aromatic nitrogens is 1. The third-order valence-corrected chi connectivity index (χ3v) is 6.07. The second kappa shape index (κ2) is 8.25. The summed E-state index contributed by atoms with van der Waals surface area (Å²) in [7, 11) is 0. The van der Waals surface area contributed by atoms with Crippen molar-refractivity contribution in [2.45, 2.75) is 64.8 Å². The molecule has 0 aromatic carbocycles. The van der Waals surface area contributed by atoms with Gasteiger partial charge in [0.05, 0.1) is 5.69 Å². The van der Waals surface area contributed by atoms with Crippen molar-refractivity contribution in [3.8, 4) is 0 Å². The van der Waals surface area contributed by atoms with E-state index in [1.165, 1.54) is 58.0 Å². The summed E-state index contributed by atoms with van der Waals surface area (Å²) < 4.78 is 0. The van der Waals surface area contributed by atoms with Crippen molar-refractivity contribution in [2.75, 3.05) is 18.4 Å². The lowest BCUT2D eigenvalue weighted by atomic mass is 9.87. The van der Waals surface area contributed by atoms with Gasteiger partial charge in [-0.05, 0) is 50.6 Å². The van der Waals surface area contributed by atoms with Crippen molar-refractivity contribution in [3.63, 3.8) is 0 Å². The highest BCUT2D eigenvalue weighted by molar-refractivity contribution is 7.13. The summed E-state index contributed by atoms with van der Waals surface area (Å²) >= 11 is 1.56. The number of nitrogens with one attached hydrogen (secondary N) is 1. The van der Waals surface area contributed by atoms with Crippen LogP contribution in [0.15, 0.2) is 5.38 Å². The predicted octanol–water partition coefficient (Wildman–Crippen LogP) is 4.28. The number of piperidine rings is 1. The van der Waals surface area contributed by atoms with Crippen molar-refractivity contribution >= 4 is 22.4 Å². The van der Waals surface area contributed by atoms with Crippen molar-refractivity contribution in [2.24, 2.45) is 11.8 Å². The molecule has 5 heteroatoms. The van der Waals surface area contributed by atoms with E-state index in [2.05, 4.69) is 27.5 Å². The Kier molecular flexibility index (Phi) is 6.06. The van der Waals surface area contributed by atoms with E-state index in [-0.39, 0.29) is 5.91 Å². The van der Waals surface area contributed by atoms with Crippen LogP contribution in [-0.4, -0.2) is 28.9 Å². The number of amides is 1. The molecule has 0 bridgehead atoms. The Labute approximate surface area is 143 Å². The minimum atomic E-state index is 0.143. The molecule has 1 aliphatic carbocycles. The van der Waals surface area contributed by atoms with Gasteiger partial charge in [0, 0.05) is 18.3 Å². The van der Waals surface area contributed by atoms with E-state index in [4.69, 9.17) is 0 Å². The SMILES string of the molecule is CC1CCN(Cc2csc(NC(=O)CC3CCCCC3)n2)CC1. The van der Waals surface area contributed by atoms with Gasteiger partial charge in [-0.1, -0.05) is 26.2 Å². The molecule has 0 unspecified atom stereocenters. The Hall–Kier alpha value is -0.940. The fourth-order valence-electron chi connectivity index (χ4n) is 3.71. The maximum atomic E-state index is 12.2. The minimum absolute atomic E-state index is 0.143. The van der Waals surface area contributed by atoms with Crippen LogP contribution >= 0.6 is 11.3 Å². The van der Waals surface area contributed by atoms with Crippen LogP contribution in [0.2, 0.25) is 0 Å². The Morgan fingerprint density at radius 1 is 1.26 bits per heavy atom. The van der Waals surface area contributed by atoms with E-state index >= 15 is 0 Å². The molecule has 2 fully saturated rings. The lowest BCUT2D eigenvalue weighted by molar-refractivity contribution is -0.117. The fourth-order valence-corrected chi connectivity index (χ4v) is 4.43. The summed E-state index contributed by atoms with van der Waals surface area (Å²) in [4.78, 5) is 19.2. The number of hydrogen-bond acceptors (Lipinski definition) is 4. The Morgan fingerprint density at radius 3 is 2.74 bits per heavy atom. The quantitative estimate of drug-likeness (QED) is 0.873. The van der Waals surface area contributed by atoms with E-state index in [9.17, 15) is 4.79 Å². The van der Waals surface area contributed by atoms with Crippen LogP contribution in [0.25, 0.3) is 0 Å². The maximum absolute atomic E-state index is 12.2. The molecular weight excluding hydrogens is 306 g/mol. The van der Waals surface area contributed by atoms with Gasteiger partial charge in [0.15, 0.2) is 5.13 Å². The second-order valence-corrected chi connectivity index (χ2v) is 8.22. The molecule has 4 nitrogen and oxygen atoms in total. The highest BCUT2D eigenvalue weighted by Crippen LogP contribution is 2.27. The molecule has 1 aromatic rings. The monoisotopic (exact) mass is 335 g/mol. The number of likely N-dealkylation sites (tertiary alicyclic amines) is 1. The van der Waals surface area contributed by atoms with Gasteiger partial charge in [0.1, 0.15) is 0 Å². The van der Waals surface area contributed by atoms with Gasteiger partial charge in [0.2, 0.25) is 5.91 Å². The van der Waals surface area contributed by atoms with Crippen molar-refractivity contribution < 1.29 is 4.79 Å². The third kappa shape index (κ3) is 5.28. The number of nitrogens with zero attached hydrogens (tertiary/aromatic N) is 2. The van der Waals surface area contributed by atoms with Crippen LogP contribution in [0.3, 0.4) is 0 Å². The molecule has 0 spiro atoms. The molecular formula is C18H29N3OS. The zero-order valence-corrected chi connectivity index (χ0v) is 15.0. The topological polar surface area (TPSA) is 45.2 Å². The van der Waals surface area contributed by atoms with Crippen LogP contribution in [0.4, 0.5) is 5.13 Å². The van der Waals surface area contributed by atoms with E-state index in [1.807, 2.05) is 0 Å². The second-order valence-electron chi connectivity index (χ2n) is 7.36. The van der Waals surface area contributed by atoms with Gasteiger partial charge < -0.3 is 5.32 Å². The van der Waals surface area contributed by atoms with Crippen LogP contribution in [-0.2, 0) is 11.3 Å². The average molecular weight is 336 g/mol. The molecule has 1 aliphatic heterocycles. The first-order valence-electron chi connectivity index (χ1n) is 9.15. The summed E-state index contributed by atoms with van der Waals surface area (Å²) in [6.07, 6.45) is 9.57. The summed E-state index contributed by atoms with van der Waals surface area (Å²) in [6, 6.07) is 0. The van der Waals surface area contributed by atoms with Crippen molar-refractivity contribution in [1.29, 1.82) is 0 Å². The van der Waals surface area contributed by atoms with E-state index < -0.39 is 0 Å². The van der Waals surface area contributed by atoms with Crippen molar-refractivity contribution in [3.05, 3.63) is 11.1 Å². The third-order valence-electron chi connectivity index (χ3n) is 5.26. The van der Waals surface area contributed by atoms with Crippen LogP contribution < -0.4 is 5.32 Å². The zero-order valence-electron chi connectivity index (χ0n) is 14.2. The average Bonchev–Trinajstić information content (AvgIpc) is 2.97. The maximum Gasteiger partial charge on any atom is 0.226 e. The zero-order chi connectivity index (χ0) is 16.1. The van der Waals surface area contributed by atoms with Crippen molar-refractivity contribution in [1.82, 2.24) is 9.88 Å². The van der Waals surface area contributed by atoms with Gasteiger partial charge in [-0.15, -0.1) is 11.3 Å². The first-order chi connectivity index (χ1) is 11.2. The van der Waals surface area contributed by atoms with E-state index in [0.717, 1.165) is 23.3 Å². The van der Waals surface area contributed by atoms with Gasteiger partial charge in [-0.3, -0.25) is 9.69 Å². The molecule has 128 valence electrons. The van der Waals surface area contributed by atoms with Gasteiger partial charge in [-0.2, -0.15) is 0 Å². The summed E-state index contributed by atoms with van der Waals surface area (Å²) in [6.45, 7) is 5.59. The van der Waals surface area contributed by atoms with E-state index in [1.54, 1.807) is 11.3 Å². The summed E-state index contributed by atoms with van der Waals surface area (Å²) in [5.41, 5.74) is 1.09. The molecule has 2 aliphatic rings. The Balaban J connectivity index is 1.44. The largest absolute Gasteiger partial charge is 0.302 e. The lowest BCUT2D eigenvalue weighted by Crippen LogP contribution is -2.32. The van der Waals surface area contributed by atoms with Gasteiger partial charge >= 0.3 is 0 Å². The molecule has 23 heavy (non-hydrogen) atoms. The number of anilines is 1. The molecule has 3 rings (SSSR count). The molecule has 1 saturated carbocycles. The molecule has 0 radical (unpaired) electrons. The number of carbonyl (C=O) groups excluding carboxylic acids is 1. The molecule has 2 heterocycles. The van der Waals surface area contributed by atoms with Crippen LogP contribution in [0, 0.1) is 11.8 Å². The standard InChI is InChI=1S/C18H29N3OS/c1-14-7-9-21(10-8-14)12-16-13-23-18(19-16)20-17(22)11-15-5-3-2-4-6-15/h13-15H,2-12H2,1H3,(H,19,20,22). The summed E-state index contributed by atoms with van der Waals surface area (Å²) in [5.74, 6) is 1.58. The van der Waals surface area contributed by atoms with Gasteiger partial charge in [0.25, 0.3) is 0 Å². The van der Waals surface area contributed by atoms with Gasteiger partial charge in [-0.25, -0.2) is 4.98 Å². The van der Waals surface area contributed by atoms with Crippen LogP contribution in [0.5, 0.6) is 0 Å². The molecule has 1 N–H and O–H groups in total. The lowest BCUT2D eigenvalue weighted by Gasteiger charge is -2.29. The molecule has 0 atom stereocenters. The summed E-state index contributed by atoms with van der Waals surface area (Å²) in [5, 5.41) is 5.87. The van der Waals surface area contributed by atoms with E-state index in [0.29, 0.717) is 12.3 Å². The number of rotatable bonds is 5. The first kappa shape index (κ1) is 16.9. The Bertz CT molecular complexity index is 502. The van der Waals surface area contributed by atoms with Crippen LogP contribution in [0.1, 0.15) is 64.0 Å². The molecule has 1 amide bonds. The number of carbonyl (C=O) groups is 1. The molecule has 1 saturated heterocycles. The normalized spacial score (nSPS) is 21.4. The fraction of sp³-hybridized carbons (Fsp3) is 0.778. The predicted molar refractivity (Wildman–Crippen MR) is 95.6 cm³/mol. The molecule has 1 aromatic heterocycles. The highest BCUT2D eigenvalue weighted by Gasteiger charge is 2.19. The highest BCUT2D eigenvalue weighted by atomic mass is 32.1. The Morgan fingerprint density at radius 2 is 2.00 bits per heavy atom. The number of thiazole rings is 1. The minimum Gasteiger partial charge on any atom is -0.302 e. The smallest absolute Gasteiger partial charge is 0.226 e. The number of hydrogen-bond donors (Lipinski definition) is 1. The first-order valence-corrected chi connectivity index (χ1v) is 10.0.